The molecule has 1 aliphatic rings. The molecule has 6 heteroatoms. The zero-order valence-electron chi connectivity index (χ0n) is 14.5. The van der Waals surface area contributed by atoms with Gasteiger partial charge in [0.15, 0.2) is 5.76 Å². The lowest BCUT2D eigenvalue weighted by Crippen LogP contribution is -2.30. The normalized spacial score (nSPS) is 15.3. The number of likely N-dealkylation sites (N-methyl/N-ethyl adjacent to an activating group) is 1. The molecule has 3 rings (SSSR count). The van der Waals surface area contributed by atoms with E-state index >= 15 is 0 Å². The molecule has 1 aliphatic heterocycles. The highest BCUT2D eigenvalue weighted by atomic mass is 19.1. The summed E-state index contributed by atoms with van der Waals surface area (Å²) in [7, 11) is 1.52. The second-order valence-corrected chi connectivity index (χ2v) is 6.32. The monoisotopic (exact) mass is 354 g/mol. The van der Waals surface area contributed by atoms with Gasteiger partial charge in [0, 0.05) is 7.05 Å². The Labute approximate surface area is 150 Å². The summed E-state index contributed by atoms with van der Waals surface area (Å²) in [5.74, 6) is -1.86. The van der Waals surface area contributed by atoms with Gasteiger partial charge in [-0.3, -0.25) is 9.59 Å². The first kappa shape index (κ1) is 17.7. The van der Waals surface area contributed by atoms with E-state index < -0.39 is 17.6 Å². The highest BCUT2D eigenvalue weighted by Gasteiger charge is 2.32. The first-order valence-electron chi connectivity index (χ1n) is 8.21. The van der Waals surface area contributed by atoms with Crippen LogP contribution in [-0.2, 0) is 9.59 Å². The second-order valence-electron chi connectivity index (χ2n) is 6.32. The van der Waals surface area contributed by atoms with E-state index in [0.717, 1.165) is 16.7 Å². The fourth-order valence-electron chi connectivity index (χ4n) is 2.90. The van der Waals surface area contributed by atoms with Crippen LogP contribution in [0.2, 0.25) is 0 Å². The minimum atomic E-state index is -0.559. The van der Waals surface area contributed by atoms with Crippen molar-refractivity contribution in [1.29, 1.82) is 0 Å². The molecule has 2 aromatic rings. The Morgan fingerprint density at radius 2 is 1.85 bits per heavy atom. The molecule has 0 saturated heterocycles. The van der Waals surface area contributed by atoms with Crippen LogP contribution in [0.25, 0.3) is 11.1 Å². The zero-order chi connectivity index (χ0) is 18.8. The lowest BCUT2D eigenvalue weighted by atomic mass is 10.00. The molecule has 2 N–H and O–H groups in total. The first-order valence-corrected chi connectivity index (χ1v) is 8.21. The molecule has 2 aromatic carbocycles. The molecule has 1 heterocycles. The smallest absolute Gasteiger partial charge is 0.289 e. The van der Waals surface area contributed by atoms with Gasteiger partial charge >= 0.3 is 0 Å². The topological polar surface area (TPSA) is 69.6 Å². The third-order valence-corrected chi connectivity index (χ3v) is 4.40. The van der Waals surface area contributed by atoms with Gasteiger partial charge in [-0.05, 0) is 41.8 Å². The second kappa shape index (κ2) is 7.00. The van der Waals surface area contributed by atoms with Gasteiger partial charge in [-0.15, -0.1) is 0 Å². The Hall–Kier alpha value is -3.15. The van der Waals surface area contributed by atoms with Crippen LogP contribution in [0.3, 0.4) is 0 Å². The van der Waals surface area contributed by atoms with E-state index in [0.29, 0.717) is 0 Å². The molecular formula is C20H19FN2O3. The van der Waals surface area contributed by atoms with Crippen LogP contribution >= 0.6 is 0 Å². The van der Waals surface area contributed by atoms with Gasteiger partial charge in [0.05, 0.1) is 18.2 Å². The summed E-state index contributed by atoms with van der Waals surface area (Å²) in [4.78, 5) is 25.3. The highest BCUT2D eigenvalue weighted by Crippen LogP contribution is 2.24. The van der Waals surface area contributed by atoms with Gasteiger partial charge in [0.25, 0.3) is 11.8 Å². The molecular weight excluding hydrogens is 335 g/mol. The number of aliphatic hydroxyl groups is 1. The van der Waals surface area contributed by atoms with Crippen LogP contribution in [0.1, 0.15) is 18.5 Å². The van der Waals surface area contributed by atoms with E-state index in [1.54, 1.807) is 13.0 Å². The summed E-state index contributed by atoms with van der Waals surface area (Å²) < 4.78 is 13.4. The molecule has 0 saturated carbocycles. The number of carbonyl (C=O) groups excluding carboxylic acids is 2. The van der Waals surface area contributed by atoms with Gasteiger partial charge in [-0.2, -0.15) is 0 Å². The SMILES string of the molecule is CC(NC(=O)C1=C(O)C(=O)N(C)C1)c1cccc(-c2cccc(F)c2)c1. The fourth-order valence-corrected chi connectivity index (χ4v) is 2.90. The minimum absolute atomic E-state index is 0.0608. The number of amides is 2. The number of rotatable bonds is 4. The maximum absolute atomic E-state index is 13.4. The summed E-state index contributed by atoms with van der Waals surface area (Å²) in [6.45, 7) is 1.88. The first-order chi connectivity index (χ1) is 12.4. The quantitative estimate of drug-likeness (QED) is 0.887. The average Bonchev–Trinajstić information content (AvgIpc) is 2.89. The van der Waals surface area contributed by atoms with E-state index in [4.69, 9.17) is 0 Å². The number of nitrogens with one attached hydrogen (secondary N) is 1. The van der Waals surface area contributed by atoms with Crippen LogP contribution in [-0.4, -0.2) is 35.4 Å². The van der Waals surface area contributed by atoms with E-state index in [-0.39, 0.29) is 24.0 Å². The third kappa shape index (κ3) is 3.44. The number of halogens is 1. The Bertz CT molecular complexity index is 907. The Morgan fingerprint density at radius 1 is 1.19 bits per heavy atom. The van der Waals surface area contributed by atoms with Crippen molar-refractivity contribution < 1.29 is 19.1 Å². The third-order valence-electron chi connectivity index (χ3n) is 4.40. The predicted molar refractivity (Wildman–Crippen MR) is 95.7 cm³/mol. The largest absolute Gasteiger partial charge is 0.503 e. The lowest BCUT2D eigenvalue weighted by molar-refractivity contribution is -0.126. The van der Waals surface area contributed by atoms with Crippen molar-refractivity contribution in [3.8, 4) is 11.1 Å². The van der Waals surface area contributed by atoms with Crippen molar-refractivity contribution >= 4 is 11.8 Å². The molecule has 0 fully saturated rings. The molecule has 134 valence electrons. The van der Waals surface area contributed by atoms with Crippen LogP contribution < -0.4 is 5.32 Å². The van der Waals surface area contributed by atoms with Crippen molar-refractivity contribution in [2.45, 2.75) is 13.0 Å². The minimum Gasteiger partial charge on any atom is -0.503 e. The maximum atomic E-state index is 13.4. The van der Waals surface area contributed by atoms with Crippen LogP contribution in [0, 0.1) is 5.82 Å². The van der Waals surface area contributed by atoms with Crippen LogP contribution in [0.15, 0.2) is 59.9 Å². The molecule has 0 spiro atoms. The lowest BCUT2D eigenvalue weighted by Gasteiger charge is -2.16. The number of aliphatic hydroxyl groups excluding tert-OH is 1. The van der Waals surface area contributed by atoms with Gasteiger partial charge in [-0.25, -0.2) is 4.39 Å². The van der Waals surface area contributed by atoms with Gasteiger partial charge in [0.2, 0.25) is 0 Å². The van der Waals surface area contributed by atoms with E-state index in [1.807, 2.05) is 30.3 Å². The molecule has 1 unspecified atom stereocenters. The Morgan fingerprint density at radius 3 is 2.46 bits per heavy atom. The van der Waals surface area contributed by atoms with E-state index in [2.05, 4.69) is 5.32 Å². The van der Waals surface area contributed by atoms with E-state index in [1.165, 1.54) is 24.1 Å². The molecule has 0 bridgehead atoms. The molecule has 1 atom stereocenters. The molecule has 0 aliphatic carbocycles. The van der Waals surface area contributed by atoms with Crippen molar-refractivity contribution in [3.05, 3.63) is 71.2 Å². The molecule has 0 aromatic heterocycles. The van der Waals surface area contributed by atoms with Crippen molar-refractivity contribution in [2.24, 2.45) is 0 Å². The number of hydrogen-bond acceptors (Lipinski definition) is 3. The van der Waals surface area contributed by atoms with Crippen molar-refractivity contribution in [3.63, 3.8) is 0 Å². The van der Waals surface area contributed by atoms with Crippen LogP contribution in [0.4, 0.5) is 4.39 Å². The van der Waals surface area contributed by atoms with Crippen molar-refractivity contribution in [2.75, 3.05) is 13.6 Å². The van der Waals surface area contributed by atoms with Crippen LogP contribution in [0.5, 0.6) is 0 Å². The predicted octanol–water partition coefficient (Wildman–Crippen LogP) is 2.95. The number of nitrogens with zero attached hydrogens (tertiary/aromatic N) is 1. The summed E-state index contributed by atoms with van der Waals surface area (Å²) in [6, 6.07) is 13.4. The fraction of sp³-hybridized carbons (Fsp3) is 0.200. The summed E-state index contributed by atoms with van der Waals surface area (Å²) >= 11 is 0. The van der Waals surface area contributed by atoms with Gasteiger partial charge in [-0.1, -0.05) is 30.3 Å². The summed E-state index contributed by atoms with van der Waals surface area (Å²) in [5.41, 5.74) is 2.47. The van der Waals surface area contributed by atoms with Crippen molar-refractivity contribution in [1.82, 2.24) is 10.2 Å². The molecule has 2 amide bonds. The van der Waals surface area contributed by atoms with Gasteiger partial charge < -0.3 is 15.3 Å². The van der Waals surface area contributed by atoms with E-state index in [9.17, 15) is 19.1 Å². The summed E-state index contributed by atoms with van der Waals surface area (Å²) in [6.07, 6.45) is 0. The molecule has 26 heavy (non-hydrogen) atoms. The summed E-state index contributed by atoms with van der Waals surface area (Å²) in [5, 5.41) is 12.6. The molecule has 5 nitrogen and oxygen atoms in total. The zero-order valence-corrected chi connectivity index (χ0v) is 14.5. The maximum Gasteiger partial charge on any atom is 0.289 e. The Kier molecular flexibility index (Phi) is 4.75. The number of benzene rings is 2. The Balaban J connectivity index is 1.79. The number of carbonyl (C=O) groups is 2. The molecule has 0 radical (unpaired) electrons. The highest BCUT2D eigenvalue weighted by molar-refractivity contribution is 6.06. The standard InChI is InChI=1S/C20H19FN2O3/c1-12(22-19(25)17-11-23(2)20(26)18(17)24)13-5-3-6-14(9-13)15-7-4-8-16(21)10-15/h3-10,12,24H,11H2,1-2H3,(H,22,25). The average molecular weight is 354 g/mol. The van der Waals surface area contributed by atoms with Gasteiger partial charge in [0.1, 0.15) is 5.82 Å². The number of hydrogen-bond donors (Lipinski definition) is 2.